The van der Waals surface area contributed by atoms with Crippen molar-refractivity contribution >= 4 is 62.4 Å². The molecule has 0 saturated heterocycles. The summed E-state index contributed by atoms with van der Waals surface area (Å²) in [7, 11) is 0. The quantitative estimate of drug-likeness (QED) is 0.743. The lowest BCUT2D eigenvalue weighted by Crippen LogP contribution is -1.99. The summed E-state index contributed by atoms with van der Waals surface area (Å²) < 4.78 is 8.56. The first-order valence-electron chi connectivity index (χ1n) is 5.82. The third-order valence-electron chi connectivity index (χ3n) is 3.16. The van der Waals surface area contributed by atoms with Crippen molar-refractivity contribution in [2.24, 2.45) is 0 Å². The number of nitrogens with zero attached hydrogens (tertiary/aromatic N) is 3. The van der Waals surface area contributed by atoms with Gasteiger partial charge in [-0.2, -0.15) is 8.75 Å². The molecular formula is C12H10Cl2N4S2. The minimum atomic E-state index is 0.0426. The van der Waals surface area contributed by atoms with Crippen molar-refractivity contribution in [3.05, 3.63) is 32.2 Å². The van der Waals surface area contributed by atoms with Gasteiger partial charge in [-0.1, -0.05) is 30.1 Å². The molecular weight excluding hydrogens is 335 g/mol. The molecule has 2 N–H and O–H groups in total. The Labute approximate surface area is 133 Å². The standard InChI is InChI=1S/C12H10Cl2N4S2/c1-4(11-5(2)16-12(15)19-11)8-6(13)3-7(14)9-10(8)18-20-17-9/h3-4H,1-2H3,(H2,15,16). The summed E-state index contributed by atoms with van der Waals surface area (Å²) in [4.78, 5) is 5.35. The average molecular weight is 345 g/mol. The minimum Gasteiger partial charge on any atom is -0.375 e. The number of aryl methyl sites for hydroxylation is 1. The molecule has 0 fully saturated rings. The van der Waals surface area contributed by atoms with Crippen molar-refractivity contribution in [2.75, 3.05) is 5.73 Å². The van der Waals surface area contributed by atoms with Crippen LogP contribution in [0.15, 0.2) is 6.07 Å². The van der Waals surface area contributed by atoms with Crippen LogP contribution in [-0.2, 0) is 0 Å². The molecule has 1 atom stereocenters. The normalized spacial score (nSPS) is 13.0. The number of hydrogen-bond donors (Lipinski definition) is 1. The van der Waals surface area contributed by atoms with Gasteiger partial charge in [-0.05, 0) is 13.0 Å². The summed E-state index contributed by atoms with van der Waals surface area (Å²) in [6.45, 7) is 4.01. The van der Waals surface area contributed by atoms with Crippen molar-refractivity contribution in [1.82, 2.24) is 13.7 Å². The summed E-state index contributed by atoms with van der Waals surface area (Å²) in [5.41, 5.74) is 9.07. The molecule has 0 amide bonds. The van der Waals surface area contributed by atoms with E-state index in [2.05, 4.69) is 20.7 Å². The number of hydrogen-bond acceptors (Lipinski definition) is 6. The lowest BCUT2D eigenvalue weighted by atomic mass is 9.97. The van der Waals surface area contributed by atoms with Crippen LogP contribution in [0, 0.1) is 6.92 Å². The van der Waals surface area contributed by atoms with E-state index in [4.69, 9.17) is 28.9 Å². The molecule has 0 aliphatic heterocycles. The topological polar surface area (TPSA) is 64.7 Å². The van der Waals surface area contributed by atoms with Gasteiger partial charge in [0.25, 0.3) is 0 Å². The smallest absolute Gasteiger partial charge is 0.180 e. The summed E-state index contributed by atoms with van der Waals surface area (Å²) >= 11 is 15.1. The number of halogens is 2. The number of anilines is 1. The molecule has 0 aliphatic carbocycles. The Kier molecular flexibility index (Phi) is 3.58. The second kappa shape index (κ2) is 5.11. The zero-order valence-electron chi connectivity index (χ0n) is 10.6. The highest BCUT2D eigenvalue weighted by molar-refractivity contribution is 7.15. The van der Waals surface area contributed by atoms with E-state index in [1.807, 2.05) is 6.92 Å². The summed E-state index contributed by atoms with van der Waals surface area (Å²) in [5, 5.41) is 1.67. The highest BCUT2D eigenvalue weighted by Crippen LogP contribution is 2.41. The van der Waals surface area contributed by atoms with E-state index < -0.39 is 0 Å². The number of rotatable bonds is 2. The number of fused-ring (bicyclic) bond motifs is 1. The van der Waals surface area contributed by atoms with Gasteiger partial charge in [-0.25, -0.2) is 4.98 Å². The SMILES string of the molecule is Cc1nc(N)sc1C(C)c1c(Cl)cc(Cl)c2nsnc12. The van der Waals surface area contributed by atoms with E-state index in [9.17, 15) is 0 Å². The predicted molar refractivity (Wildman–Crippen MR) is 86.2 cm³/mol. The number of nitrogen functional groups attached to an aromatic ring is 1. The van der Waals surface area contributed by atoms with Gasteiger partial charge in [0.15, 0.2) is 5.13 Å². The van der Waals surface area contributed by atoms with Crippen molar-refractivity contribution < 1.29 is 0 Å². The summed E-state index contributed by atoms with van der Waals surface area (Å²) in [5.74, 6) is 0.0426. The van der Waals surface area contributed by atoms with Gasteiger partial charge < -0.3 is 5.73 Å². The third kappa shape index (κ3) is 2.16. The average Bonchev–Trinajstić information content (AvgIpc) is 2.95. The molecule has 0 radical (unpaired) electrons. The first-order chi connectivity index (χ1) is 9.49. The fraction of sp³-hybridized carbons (Fsp3) is 0.250. The number of benzene rings is 1. The number of aromatic nitrogens is 3. The number of thiazole rings is 1. The van der Waals surface area contributed by atoms with Crippen LogP contribution in [0.1, 0.15) is 29.0 Å². The maximum atomic E-state index is 6.37. The molecule has 104 valence electrons. The van der Waals surface area contributed by atoms with Crippen molar-refractivity contribution in [3.8, 4) is 0 Å². The van der Waals surface area contributed by atoms with Crippen LogP contribution in [0.4, 0.5) is 5.13 Å². The first kappa shape index (κ1) is 14.0. The fourth-order valence-corrected chi connectivity index (χ4v) is 4.45. The molecule has 20 heavy (non-hydrogen) atoms. The van der Waals surface area contributed by atoms with E-state index in [0.29, 0.717) is 20.7 Å². The molecule has 1 aromatic carbocycles. The van der Waals surface area contributed by atoms with Crippen LogP contribution in [0.25, 0.3) is 11.0 Å². The molecule has 1 unspecified atom stereocenters. The van der Waals surface area contributed by atoms with Gasteiger partial charge in [0.2, 0.25) is 0 Å². The Balaban J connectivity index is 2.24. The van der Waals surface area contributed by atoms with E-state index in [1.165, 1.54) is 11.3 Å². The fourth-order valence-electron chi connectivity index (χ4n) is 2.27. The highest BCUT2D eigenvalue weighted by Gasteiger charge is 2.23. The third-order valence-corrected chi connectivity index (χ3v) is 5.45. The van der Waals surface area contributed by atoms with E-state index in [0.717, 1.165) is 33.4 Å². The molecule has 4 nitrogen and oxygen atoms in total. The maximum absolute atomic E-state index is 6.37. The molecule has 3 rings (SSSR count). The Hall–Kier alpha value is -0.950. The molecule has 0 aliphatic rings. The largest absolute Gasteiger partial charge is 0.375 e. The van der Waals surface area contributed by atoms with E-state index in [1.54, 1.807) is 6.07 Å². The highest BCUT2D eigenvalue weighted by atomic mass is 35.5. The molecule has 2 aromatic heterocycles. The monoisotopic (exact) mass is 344 g/mol. The zero-order chi connectivity index (χ0) is 14.4. The van der Waals surface area contributed by atoms with Gasteiger partial charge in [0.05, 0.1) is 22.4 Å². The van der Waals surface area contributed by atoms with Gasteiger partial charge >= 0.3 is 0 Å². The van der Waals surface area contributed by atoms with Crippen molar-refractivity contribution in [3.63, 3.8) is 0 Å². The molecule has 2 heterocycles. The molecule has 3 aromatic rings. The Bertz CT molecular complexity index is 796. The molecule has 0 saturated carbocycles. The first-order valence-corrected chi connectivity index (χ1v) is 8.12. The van der Waals surface area contributed by atoms with Crippen molar-refractivity contribution in [2.45, 2.75) is 19.8 Å². The van der Waals surface area contributed by atoms with Gasteiger partial charge in [-0.15, -0.1) is 11.3 Å². The number of nitrogens with two attached hydrogens (primary N) is 1. The van der Waals surface area contributed by atoms with E-state index in [-0.39, 0.29) is 5.92 Å². The summed E-state index contributed by atoms with van der Waals surface area (Å²) in [6.07, 6.45) is 0. The minimum absolute atomic E-state index is 0.0426. The van der Waals surface area contributed by atoms with Crippen LogP contribution < -0.4 is 5.73 Å². The van der Waals surface area contributed by atoms with Gasteiger partial charge in [0.1, 0.15) is 11.0 Å². The molecule has 8 heteroatoms. The Morgan fingerprint density at radius 3 is 2.55 bits per heavy atom. The predicted octanol–water partition coefficient (Wildman–Crippen LogP) is 4.50. The van der Waals surface area contributed by atoms with E-state index >= 15 is 0 Å². The Morgan fingerprint density at radius 2 is 1.90 bits per heavy atom. The zero-order valence-corrected chi connectivity index (χ0v) is 13.8. The summed E-state index contributed by atoms with van der Waals surface area (Å²) in [6, 6.07) is 1.72. The van der Waals surface area contributed by atoms with Crippen LogP contribution in [0.5, 0.6) is 0 Å². The van der Waals surface area contributed by atoms with Gasteiger partial charge in [-0.3, -0.25) is 0 Å². The van der Waals surface area contributed by atoms with Crippen LogP contribution >= 0.6 is 46.3 Å². The molecule has 0 spiro atoms. The second-order valence-corrected chi connectivity index (χ2v) is 6.84. The second-order valence-electron chi connectivity index (χ2n) is 4.44. The molecule has 0 bridgehead atoms. The van der Waals surface area contributed by atoms with Crippen LogP contribution in [-0.4, -0.2) is 13.7 Å². The lowest BCUT2D eigenvalue weighted by Gasteiger charge is -2.13. The van der Waals surface area contributed by atoms with Gasteiger partial charge in [0, 0.05) is 21.4 Å². The van der Waals surface area contributed by atoms with Crippen LogP contribution in [0.3, 0.4) is 0 Å². The maximum Gasteiger partial charge on any atom is 0.180 e. The Morgan fingerprint density at radius 1 is 1.20 bits per heavy atom. The van der Waals surface area contributed by atoms with Crippen molar-refractivity contribution in [1.29, 1.82) is 0 Å². The lowest BCUT2D eigenvalue weighted by molar-refractivity contribution is 0.935. The van der Waals surface area contributed by atoms with Crippen LogP contribution in [0.2, 0.25) is 10.0 Å².